The molecule has 0 atom stereocenters. The molecule has 4 heteroatoms. The number of hydrogen-bond acceptors (Lipinski definition) is 2. The Morgan fingerprint density at radius 3 is 3.00 bits per heavy atom. The minimum Gasteiger partial charge on any atom is -0.294 e. The monoisotopic (exact) mass is 189 g/mol. The fraction of sp³-hybridized carbons (Fsp3) is 0.300. The topological polar surface area (TPSA) is 65.8 Å². The number of benzene rings is 1. The number of hydrogen-bond donors (Lipinski definition) is 0. The lowest BCUT2D eigenvalue weighted by molar-refractivity contribution is 0.0988. The highest BCUT2D eigenvalue weighted by Gasteiger charge is 2.02. The van der Waals surface area contributed by atoms with E-state index in [9.17, 15) is 4.79 Å². The van der Waals surface area contributed by atoms with Crippen molar-refractivity contribution >= 4 is 5.78 Å². The first-order valence-electron chi connectivity index (χ1n) is 4.41. The lowest BCUT2D eigenvalue weighted by Gasteiger charge is -2.00. The number of rotatable bonds is 4. The van der Waals surface area contributed by atoms with Crippen LogP contribution in [0.2, 0.25) is 0 Å². The Bertz CT molecular complexity index is 381. The van der Waals surface area contributed by atoms with Crippen LogP contribution in [0.25, 0.3) is 10.4 Å². The van der Waals surface area contributed by atoms with Gasteiger partial charge in [0.2, 0.25) is 0 Å². The summed E-state index contributed by atoms with van der Waals surface area (Å²) in [4.78, 5) is 14.0. The molecule has 0 saturated carbocycles. The Hall–Kier alpha value is -1.80. The molecule has 0 unspecified atom stereocenters. The van der Waals surface area contributed by atoms with Crippen LogP contribution in [0.4, 0.5) is 0 Å². The number of nitrogens with zero attached hydrogens (tertiary/aromatic N) is 3. The van der Waals surface area contributed by atoms with Crippen molar-refractivity contribution in [2.45, 2.75) is 19.9 Å². The third kappa shape index (κ3) is 2.61. The van der Waals surface area contributed by atoms with Crippen molar-refractivity contribution in [3.63, 3.8) is 0 Å². The normalized spacial score (nSPS) is 9.21. The molecule has 0 heterocycles. The summed E-state index contributed by atoms with van der Waals surface area (Å²) in [5, 5.41) is 3.44. The maximum atomic E-state index is 11.3. The first kappa shape index (κ1) is 10.3. The van der Waals surface area contributed by atoms with Crippen LogP contribution in [0.3, 0.4) is 0 Å². The van der Waals surface area contributed by atoms with E-state index in [0.29, 0.717) is 18.5 Å². The Morgan fingerprint density at radius 2 is 2.36 bits per heavy atom. The van der Waals surface area contributed by atoms with Crippen LogP contribution in [0.15, 0.2) is 29.4 Å². The van der Waals surface area contributed by atoms with E-state index in [1.807, 2.05) is 13.0 Å². The molecule has 0 amide bonds. The van der Waals surface area contributed by atoms with E-state index >= 15 is 0 Å². The molecular formula is C10H11N3O. The predicted octanol–water partition coefficient (Wildman–Crippen LogP) is 3.09. The van der Waals surface area contributed by atoms with Gasteiger partial charge in [0.25, 0.3) is 0 Å². The maximum absolute atomic E-state index is 11.3. The van der Waals surface area contributed by atoms with Crippen LogP contribution >= 0.6 is 0 Å². The van der Waals surface area contributed by atoms with Crippen molar-refractivity contribution in [1.29, 1.82) is 0 Å². The summed E-state index contributed by atoms with van der Waals surface area (Å²) in [7, 11) is 0. The van der Waals surface area contributed by atoms with Crippen LogP contribution in [0, 0.1) is 0 Å². The molecule has 1 aromatic rings. The highest BCUT2D eigenvalue weighted by molar-refractivity contribution is 5.95. The highest BCUT2D eigenvalue weighted by Crippen LogP contribution is 2.08. The van der Waals surface area contributed by atoms with Gasteiger partial charge < -0.3 is 0 Å². The molecule has 0 bridgehead atoms. The second-order valence-electron chi connectivity index (χ2n) is 2.87. The molecule has 1 aromatic carbocycles. The number of carbonyl (C=O) groups is 1. The molecule has 0 aliphatic rings. The number of carbonyl (C=O) groups excluding carboxylic acids is 1. The second-order valence-corrected chi connectivity index (χ2v) is 2.87. The zero-order chi connectivity index (χ0) is 10.4. The average molecular weight is 189 g/mol. The minimum absolute atomic E-state index is 0.104. The van der Waals surface area contributed by atoms with E-state index in [-0.39, 0.29) is 5.78 Å². The SMILES string of the molecule is CCC(=O)c1cccc(CN=[N+]=[N-])c1. The smallest absolute Gasteiger partial charge is 0.162 e. The molecule has 0 fully saturated rings. The Labute approximate surface area is 82.2 Å². The van der Waals surface area contributed by atoms with Gasteiger partial charge in [-0.1, -0.05) is 30.2 Å². The molecule has 0 aliphatic carbocycles. The first-order valence-corrected chi connectivity index (χ1v) is 4.41. The largest absolute Gasteiger partial charge is 0.294 e. The summed E-state index contributed by atoms with van der Waals surface area (Å²) >= 11 is 0. The maximum Gasteiger partial charge on any atom is 0.162 e. The predicted molar refractivity (Wildman–Crippen MR) is 53.9 cm³/mol. The van der Waals surface area contributed by atoms with Gasteiger partial charge in [0.1, 0.15) is 0 Å². The van der Waals surface area contributed by atoms with Crippen molar-refractivity contribution in [2.75, 3.05) is 0 Å². The van der Waals surface area contributed by atoms with Crippen molar-refractivity contribution in [3.05, 3.63) is 45.8 Å². The molecule has 0 radical (unpaired) electrons. The third-order valence-electron chi connectivity index (χ3n) is 1.89. The number of Topliss-reactive ketones (excluding diaryl/α,β-unsaturated/α-hetero) is 1. The molecular weight excluding hydrogens is 178 g/mol. The molecule has 0 N–H and O–H groups in total. The van der Waals surface area contributed by atoms with Gasteiger partial charge in [0, 0.05) is 16.9 Å². The summed E-state index contributed by atoms with van der Waals surface area (Å²) in [5.41, 5.74) is 9.69. The fourth-order valence-electron chi connectivity index (χ4n) is 1.16. The molecule has 0 saturated heterocycles. The molecule has 0 aromatic heterocycles. The lowest BCUT2D eigenvalue weighted by atomic mass is 10.1. The van der Waals surface area contributed by atoms with Gasteiger partial charge in [-0.3, -0.25) is 4.79 Å². The summed E-state index contributed by atoms with van der Waals surface area (Å²) in [5.74, 6) is 0.104. The van der Waals surface area contributed by atoms with Crippen LogP contribution < -0.4 is 0 Å². The quantitative estimate of drug-likeness (QED) is 0.310. The van der Waals surface area contributed by atoms with Crippen molar-refractivity contribution in [3.8, 4) is 0 Å². The summed E-state index contributed by atoms with van der Waals surface area (Å²) in [6.07, 6.45) is 0.491. The van der Waals surface area contributed by atoms with Gasteiger partial charge in [0.15, 0.2) is 5.78 Å². The summed E-state index contributed by atoms with van der Waals surface area (Å²) in [6.45, 7) is 2.11. The van der Waals surface area contributed by atoms with E-state index in [1.165, 1.54) is 0 Å². The van der Waals surface area contributed by atoms with E-state index < -0.39 is 0 Å². The van der Waals surface area contributed by atoms with Gasteiger partial charge in [-0.25, -0.2) is 0 Å². The van der Waals surface area contributed by atoms with E-state index in [1.54, 1.807) is 18.2 Å². The van der Waals surface area contributed by atoms with Gasteiger partial charge in [-0.15, -0.1) is 0 Å². The Balaban J connectivity index is 2.88. The summed E-state index contributed by atoms with van der Waals surface area (Å²) < 4.78 is 0. The van der Waals surface area contributed by atoms with Gasteiger partial charge >= 0.3 is 0 Å². The minimum atomic E-state index is 0.104. The van der Waals surface area contributed by atoms with E-state index in [0.717, 1.165) is 5.56 Å². The fourth-order valence-corrected chi connectivity index (χ4v) is 1.16. The van der Waals surface area contributed by atoms with Crippen LogP contribution in [-0.4, -0.2) is 5.78 Å². The Morgan fingerprint density at radius 1 is 1.57 bits per heavy atom. The Kier molecular flexibility index (Phi) is 3.70. The van der Waals surface area contributed by atoms with E-state index in [4.69, 9.17) is 5.53 Å². The van der Waals surface area contributed by atoms with Crippen LogP contribution in [0.5, 0.6) is 0 Å². The van der Waals surface area contributed by atoms with E-state index in [2.05, 4.69) is 10.0 Å². The number of azide groups is 1. The molecule has 0 spiro atoms. The molecule has 0 aliphatic heterocycles. The van der Waals surface area contributed by atoms with Gasteiger partial charge in [0.05, 0.1) is 6.54 Å². The average Bonchev–Trinajstić information content (AvgIpc) is 2.25. The molecule has 72 valence electrons. The molecule has 1 rings (SSSR count). The van der Waals surface area contributed by atoms with Crippen molar-refractivity contribution in [2.24, 2.45) is 5.11 Å². The first-order chi connectivity index (χ1) is 6.77. The van der Waals surface area contributed by atoms with Crippen LogP contribution in [0.1, 0.15) is 29.3 Å². The standard InChI is InChI=1S/C10H11N3O/c1-2-10(14)9-5-3-4-8(6-9)7-12-13-11/h3-6H,2,7H2,1H3. The zero-order valence-electron chi connectivity index (χ0n) is 7.97. The number of ketones is 1. The van der Waals surface area contributed by atoms with Crippen molar-refractivity contribution < 1.29 is 4.79 Å². The van der Waals surface area contributed by atoms with Crippen LogP contribution in [-0.2, 0) is 6.54 Å². The van der Waals surface area contributed by atoms with Gasteiger partial charge in [-0.05, 0) is 17.2 Å². The van der Waals surface area contributed by atoms with Gasteiger partial charge in [-0.2, -0.15) is 0 Å². The summed E-state index contributed by atoms with van der Waals surface area (Å²) in [6, 6.07) is 7.16. The zero-order valence-corrected chi connectivity index (χ0v) is 7.97. The lowest BCUT2D eigenvalue weighted by Crippen LogP contribution is -1.96. The highest BCUT2D eigenvalue weighted by atomic mass is 16.1. The molecule has 14 heavy (non-hydrogen) atoms. The van der Waals surface area contributed by atoms with Crippen molar-refractivity contribution in [1.82, 2.24) is 0 Å². The second kappa shape index (κ2) is 5.04. The third-order valence-corrected chi connectivity index (χ3v) is 1.89. The molecule has 4 nitrogen and oxygen atoms in total.